The summed E-state index contributed by atoms with van der Waals surface area (Å²) in [7, 11) is 0. The normalized spacial score (nSPS) is 15.1. The van der Waals surface area contributed by atoms with Crippen LogP contribution in [-0.4, -0.2) is 34.8 Å². The quantitative estimate of drug-likeness (QED) is 0.389. The van der Waals surface area contributed by atoms with Gasteiger partial charge in [-0.2, -0.15) is 0 Å². The highest BCUT2D eigenvalue weighted by Crippen LogP contribution is 2.28. The molecule has 184 valence electrons. The van der Waals surface area contributed by atoms with Gasteiger partial charge in [-0.25, -0.2) is 4.98 Å². The molecule has 0 saturated carbocycles. The number of fused-ring (bicyclic) bond motifs is 1. The number of carbonyl (C=O) groups excluding carboxylic acids is 2. The standard InChI is InChI=1S/C30H31N3O3/c1-20-8-6-7-11-25(20)19-31-28(34)21(2)22-14-16-33(17-15-22)30(35)24-12-13-26-27(18-24)36-29(32-26)23-9-4-3-5-10-23/h3-13,18,21-22H,14-17,19H2,1-2H3,(H,31,34). The van der Waals surface area contributed by atoms with E-state index in [1.54, 1.807) is 6.07 Å². The number of amides is 2. The molecule has 1 N–H and O–H groups in total. The number of carbonyl (C=O) groups is 2. The van der Waals surface area contributed by atoms with Gasteiger partial charge in [0.25, 0.3) is 5.91 Å². The van der Waals surface area contributed by atoms with Crippen LogP contribution in [0.5, 0.6) is 0 Å². The van der Waals surface area contributed by atoms with E-state index in [9.17, 15) is 9.59 Å². The number of oxazole rings is 1. The molecule has 1 aliphatic heterocycles. The highest BCUT2D eigenvalue weighted by molar-refractivity contribution is 5.97. The summed E-state index contributed by atoms with van der Waals surface area (Å²) >= 11 is 0. The first-order valence-electron chi connectivity index (χ1n) is 12.6. The maximum absolute atomic E-state index is 13.2. The zero-order chi connectivity index (χ0) is 25.1. The van der Waals surface area contributed by atoms with Gasteiger partial charge in [0.05, 0.1) is 0 Å². The molecule has 2 amide bonds. The molecule has 0 aliphatic carbocycles. The fourth-order valence-corrected chi connectivity index (χ4v) is 4.91. The Morgan fingerprint density at radius 1 is 1.03 bits per heavy atom. The number of nitrogens with zero attached hydrogens (tertiary/aromatic N) is 2. The van der Waals surface area contributed by atoms with Crippen LogP contribution in [-0.2, 0) is 11.3 Å². The van der Waals surface area contributed by atoms with Crippen molar-refractivity contribution in [1.29, 1.82) is 0 Å². The number of hydrogen-bond acceptors (Lipinski definition) is 4. The van der Waals surface area contributed by atoms with E-state index in [1.807, 2.05) is 72.5 Å². The maximum atomic E-state index is 13.2. The van der Waals surface area contributed by atoms with Gasteiger partial charge in [-0.05, 0) is 67.1 Å². The molecule has 2 heterocycles. The highest BCUT2D eigenvalue weighted by Gasteiger charge is 2.30. The van der Waals surface area contributed by atoms with Gasteiger partial charge in [0.2, 0.25) is 11.8 Å². The van der Waals surface area contributed by atoms with Crippen LogP contribution >= 0.6 is 0 Å². The zero-order valence-electron chi connectivity index (χ0n) is 20.7. The lowest BCUT2D eigenvalue weighted by molar-refractivity contribution is -0.126. The maximum Gasteiger partial charge on any atom is 0.253 e. The summed E-state index contributed by atoms with van der Waals surface area (Å²) in [6, 6.07) is 23.3. The van der Waals surface area contributed by atoms with Crippen molar-refractivity contribution in [2.45, 2.75) is 33.2 Å². The number of rotatable bonds is 6. The first-order valence-corrected chi connectivity index (χ1v) is 12.6. The number of benzene rings is 3. The summed E-state index contributed by atoms with van der Waals surface area (Å²) in [5.41, 5.74) is 5.15. The third-order valence-electron chi connectivity index (χ3n) is 7.32. The molecular formula is C30H31N3O3. The van der Waals surface area contributed by atoms with Crippen molar-refractivity contribution >= 4 is 22.9 Å². The molecule has 6 heteroatoms. The molecule has 36 heavy (non-hydrogen) atoms. The van der Waals surface area contributed by atoms with Crippen LogP contribution in [0.25, 0.3) is 22.6 Å². The van der Waals surface area contributed by atoms with E-state index in [-0.39, 0.29) is 23.7 Å². The van der Waals surface area contributed by atoms with Crippen LogP contribution < -0.4 is 5.32 Å². The van der Waals surface area contributed by atoms with Crippen LogP contribution in [0.3, 0.4) is 0 Å². The third-order valence-corrected chi connectivity index (χ3v) is 7.32. The molecule has 1 saturated heterocycles. The molecule has 1 aromatic heterocycles. The van der Waals surface area contributed by atoms with E-state index >= 15 is 0 Å². The van der Waals surface area contributed by atoms with Crippen molar-refractivity contribution in [2.75, 3.05) is 13.1 Å². The lowest BCUT2D eigenvalue weighted by atomic mass is 9.84. The number of nitrogens with one attached hydrogen (secondary N) is 1. The van der Waals surface area contributed by atoms with Gasteiger partial charge in [0, 0.05) is 36.7 Å². The lowest BCUT2D eigenvalue weighted by Crippen LogP contribution is -2.42. The molecule has 1 unspecified atom stereocenters. The molecule has 5 rings (SSSR count). The zero-order valence-corrected chi connectivity index (χ0v) is 20.7. The number of aromatic nitrogens is 1. The third kappa shape index (κ3) is 5.03. The SMILES string of the molecule is Cc1ccccc1CNC(=O)C(C)C1CCN(C(=O)c2ccc3nc(-c4ccccc4)oc3c2)CC1. The second-order valence-corrected chi connectivity index (χ2v) is 9.63. The minimum Gasteiger partial charge on any atom is -0.436 e. The minimum absolute atomic E-state index is 0.00957. The minimum atomic E-state index is -0.0896. The molecule has 3 aromatic carbocycles. The Morgan fingerprint density at radius 3 is 2.50 bits per heavy atom. The van der Waals surface area contributed by atoms with Crippen molar-refractivity contribution in [3.05, 3.63) is 89.5 Å². The van der Waals surface area contributed by atoms with Crippen LogP contribution in [0.4, 0.5) is 0 Å². The summed E-state index contributed by atoms with van der Waals surface area (Å²) in [6.07, 6.45) is 1.63. The fourth-order valence-electron chi connectivity index (χ4n) is 4.91. The van der Waals surface area contributed by atoms with Crippen LogP contribution in [0, 0.1) is 18.8 Å². The Hall–Kier alpha value is -3.93. The second kappa shape index (κ2) is 10.4. The predicted octanol–water partition coefficient (Wildman–Crippen LogP) is 5.61. The number of likely N-dealkylation sites (tertiary alicyclic amines) is 1. The molecule has 1 atom stereocenters. The average Bonchev–Trinajstić information content (AvgIpc) is 3.36. The molecular weight excluding hydrogens is 450 g/mol. The van der Waals surface area contributed by atoms with Crippen molar-refractivity contribution in [3.63, 3.8) is 0 Å². The van der Waals surface area contributed by atoms with Gasteiger partial charge in [0.1, 0.15) is 5.52 Å². The van der Waals surface area contributed by atoms with Gasteiger partial charge in [0.15, 0.2) is 5.58 Å². The van der Waals surface area contributed by atoms with Gasteiger partial charge >= 0.3 is 0 Å². The van der Waals surface area contributed by atoms with Gasteiger partial charge in [-0.3, -0.25) is 9.59 Å². The molecule has 4 aromatic rings. The van der Waals surface area contributed by atoms with E-state index in [4.69, 9.17) is 4.42 Å². The van der Waals surface area contributed by atoms with Crippen LogP contribution in [0.15, 0.2) is 77.2 Å². The van der Waals surface area contributed by atoms with Gasteiger partial charge in [-0.15, -0.1) is 0 Å². The first kappa shape index (κ1) is 23.8. The van der Waals surface area contributed by atoms with Crippen LogP contribution in [0.1, 0.15) is 41.3 Å². The van der Waals surface area contributed by atoms with Crippen molar-refractivity contribution < 1.29 is 14.0 Å². The molecule has 6 nitrogen and oxygen atoms in total. The monoisotopic (exact) mass is 481 g/mol. The van der Waals surface area contributed by atoms with E-state index in [0.29, 0.717) is 36.7 Å². The Kier molecular flexibility index (Phi) is 6.85. The molecule has 1 aliphatic rings. The lowest BCUT2D eigenvalue weighted by Gasteiger charge is -2.34. The topological polar surface area (TPSA) is 75.4 Å². The van der Waals surface area contributed by atoms with Crippen molar-refractivity contribution in [1.82, 2.24) is 15.2 Å². The summed E-state index contributed by atoms with van der Waals surface area (Å²) in [5, 5.41) is 3.09. The van der Waals surface area contributed by atoms with Crippen molar-refractivity contribution in [3.8, 4) is 11.5 Å². The largest absolute Gasteiger partial charge is 0.436 e. The van der Waals surface area contributed by atoms with Crippen LogP contribution in [0.2, 0.25) is 0 Å². The Bertz CT molecular complexity index is 1370. The predicted molar refractivity (Wildman–Crippen MR) is 140 cm³/mol. The summed E-state index contributed by atoms with van der Waals surface area (Å²) in [6.45, 7) is 5.88. The number of hydrogen-bond donors (Lipinski definition) is 1. The van der Waals surface area contributed by atoms with E-state index < -0.39 is 0 Å². The Balaban J connectivity index is 1.18. The highest BCUT2D eigenvalue weighted by atomic mass is 16.3. The number of piperidine rings is 1. The van der Waals surface area contributed by atoms with Crippen molar-refractivity contribution in [2.24, 2.45) is 11.8 Å². The Labute approximate surface area is 211 Å². The van der Waals surface area contributed by atoms with Gasteiger partial charge < -0.3 is 14.6 Å². The molecule has 0 spiro atoms. The summed E-state index contributed by atoms with van der Waals surface area (Å²) < 4.78 is 5.94. The molecule has 1 fully saturated rings. The second-order valence-electron chi connectivity index (χ2n) is 9.63. The van der Waals surface area contributed by atoms with E-state index in [2.05, 4.69) is 23.3 Å². The van der Waals surface area contributed by atoms with Gasteiger partial charge in [-0.1, -0.05) is 49.4 Å². The molecule has 0 bridgehead atoms. The van der Waals surface area contributed by atoms with E-state index in [1.165, 1.54) is 5.56 Å². The summed E-state index contributed by atoms with van der Waals surface area (Å²) in [5.74, 6) is 0.785. The smallest absolute Gasteiger partial charge is 0.253 e. The average molecular weight is 482 g/mol. The first-order chi connectivity index (χ1) is 17.5. The Morgan fingerprint density at radius 2 is 1.75 bits per heavy atom. The fraction of sp³-hybridized carbons (Fsp3) is 0.300. The number of aryl methyl sites for hydroxylation is 1. The summed E-state index contributed by atoms with van der Waals surface area (Å²) in [4.78, 5) is 32.4. The molecule has 0 radical (unpaired) electrons. The van der Waals surface area contributed by atoms with E-state index in [0.717, 1.165) is 29.5 Å².